The van der Waals surface area contributed by atoms with Crippen LogP contribution in [0.1, 0.15) is 42.5 Å². The van der Waals surface area contributed by atoms with E-state index in [0.717, 1.165) is 36.8 Å². The summed E-state index contributed by atoms with van der Waals surface area (Å²) >= 11 is 1.59. The summed E-state index contributed by atoms with van der Waals surface area (Å²) in [5, 5.41) is 2.98. The molecule has 3 rings (SSSR count). The van der Waals surface area contributed by atoms with Crippen LogP contribution in [-0.4, -0.2) is 23.2 Å². The maximum atomic E-state index is 13.6. The topological polar surface area (TPSA) is 51.2 Å². The van der Waals surface area contributed by atoms with Crippen molar-refractivity contribution in [3.8, 4) is 11.6 Å². The number of nitrogens with zero attached hydrogens (tertiary/aromatic N) is 1. The molecule has 1 aliphatic carbocycles. The average Bonchev–Trinajstić information content (AvgIpc) is 2.64. The number of amides is 1. The van der Waals surface area contributed by atoms with Crippen LogP contribution in [0.5, 0.6) is 11.6 Å². The van der Waals surface area contributed by atoms with Crippen molar-refractivity contribution in [3.63, 3.8) is 0 Å². The lowest BCUT2D eigenvalue weighted by Gasteiger charge is -2.23. The van der Waals surface area contributed by atoms with E-state index >= 15 is 0 Å². The molecule has 25 heavy (non-hydrogen) atoms. The second kappa shape index (κ2) is 8.34. The number of thioether (sulfide) groups is 1. The molecule has 1 aromatic carbocycles. The molecule has 2 aromatic rings. The number of nitrogens with one attached hydrogen (secondary N) is 1. The van der Waals surface area contributed by atoms with Gasteiger partial charge in [0.1, 0.15) is 17.1 Å². The van der Waals surface area contributed by atoms with Gasteiger partial charge in [0.2, 0.25) is 5.88 Å². The zero-order valence-electron chi connectivity index (χ0n) is 14.1. The van der Waals surface area contributed by atoms with Crippen LogP contribution in [0.3, 0.4) is 0 Å². The first-order valence-electron chi connectivity index (χ1n) is 8.44. The Morgan fingerprint density at radius 1 is 1.28 bits per heavy atom. The molecular formula is C19H21FN2O2S. The number of halogens is 1. The van der Waals surface area contributed by atoms with Crippen molar-refractivity contribution < 1.29 is 13.9 Å². The molecule has 6 heteroatoms. The van der Waals surface area contributed by atoms with Crippen LogP contribution in [0.25, 0.3) is 0 Å². The normalized spacial score (nSPS) is 15.0. The van der Waals surface area contributed by atoms with E-state index in [2.05, 4.69) is 10.3 Å². The Bertz CT molecular complexity index is 748. The van der Waals surface area contributed by atoms with E-state index in [1.54, 1.807) is 17.8 Å². The van der Waals surface area contributed by atoms with Crippen LogP contribution in [0.15, 0.2) is 41.4 Å². The first kappa shape index (κ1) is 17.7. The monoisotopic (exact) mass is 360 g/mol. The van der Waals surface area contributed by atoms with Gasteiger partial charge in [0.25, 0.3) is 5.91 Å². The number of carbonyl (C=O) groups excluding carboxylic acids is 1. The average molecular weight is 360 g/mol. The van der Waals surface area contributed by atoms with Crippen molar-refractivity contribution in [2.75, 3.05) is 6.26 Å². The molecule has 1 amide bonds. The Morgan fingerprint density at radius 2 is 2.08 bits per heavy atom. The summed E-state index contributed by atoms with van der Waals surface area (Å²) in [7, 11) is 0. The zero-order valence-corrected chi connectivity index (χ0v) is 14.9. The highest BCUT2D eigenvalue weighted by Gasteiger charge is 2.21. The molecule has 0 atom stereocenters. The second-order valence-electron chi connectivity index (χ2n) is 6.10. The molecule has 0 radical (unpaired) electrons. The number of hydrogen-bond donors (Lipinski definition) is 1. The van der Waals surface area contributed by atoms with Crippen LogP contribution in [-0.2, 0) is 0 Å². The highest BCUT2D eigenvalue weighted by atomic mass is 32.2. The molecule has 132 valence electrons. The van der Waals surface area contributed by atoms with Crippen LogP contribution in [0, 0.1) is 5.82 Å². The van der Waals surface area contributed by atoms with Gasteiger partial charge in [-0.3, -0.25) is 4.79 Å². The van der Waals surface area contributed by atoms with Gasteiger partial charge in [-0.1, -0.05) is 25.3 Å². The van der Waals surface area contributed by atoms with Gasteiger partial charge in [0.05, 0.1) is 6.20 Å². The Kier molecular flexibility index (Phi) is 5.91. The minimum absolute atomic E-state index is 0.118. The molecule has 0 bridgehead atoms. The lowest BCUT2D eigenvalue weighted by atomic mass is 9.95. The standard InChI is InChI=1S/C19H21FN2O2S/c1-25-16-9-5-8-15(11-16)24-19-17(10-13(20)12-21-19)18(23)22-14-6-3-2-4-7-14/h5,8-12,14H,2-4,6-7H2,1H3,(H,22,23). The van der Waals surface area contributed by atoms with E-state index < -0.39 is 5.82 Å². The second-order valence-corrected chi connectivity index (χ2v) is 6.98. The Hall–Kier alpha value is -2.08. The minimum Gasteiger partial charge on any atom is -0.438 e. The van der Waals surface area contributed by atoms with Crippen LogP contribution < -0.4 is 10.1 Å². The van der Waals surface area contributed by atoms with E-state index in [1.165, 1.54) is 12.5 Å². The number of hydrogen-bond acceptors (Lipinski definition) is 4. The Labute approximate surface area is 151 Å². The first-order chi connectivity index (χ1) is 12.2. The van der Waals surface area contributed by atoms with Gasteiger partial charge in [-0.25, -0.2) is 9.37 Å². The zero-order chi connectivity index (χ0) is 17.6. The first-order valence-corrected chi connectivity index (χ1v) is 9.66. The fraction of sp³-hybridized carbons (Fsp3) is 0.368. The largest absolute Gasteiger partial charge is 0.438 e. The fourth-order valence-corrected chi connectivity index (χ4v) is 3.41. The Balaban J connectivity index is 1.80. The van der Waals surface area contributed by atoms with Gasteiger partial charge in [0.15, 0.2) is 0 Å². The van der Waals surface area contributed by atoms with Gasteiger partial charge in [-0.15, -0.1) is 11.8 Å². The highest BCUT2D eigenvalue weighted by molar-refractivity contribution is 7.98. The number of aromatic nitrogens is 1. The lowest BCUT2D eigenvalue weighted by molar-refractivity contribution is 0.0924. The molecule has 1 fully saturated rings. The van der Waals surface area contributed by atoms with Gasteiger partial charge >= 0.3 is 0 Å². The number of pyridine rings is 1. The molecule has 1 aliphatic rings. The fourth-order valence-electron chi connectivity index (χ4n) is 2.96. The maximum Gasteiger partial charge on any atom is 0.257 e. The molecule has 1 heterocycles. The molecule has 1 aromatic heterocycles. The third-order valence-electron chi connectivity index (χ3n) is 4.26. The summed E-state index contributed by atoms with van der Waals surface area (Å²) in [5.74, 6) is -0.209. The lowest BCUT2D eigenvalue weighted by Crippen LogP contribution is -2.36. The van der Waals surface area contributed by atoms with Crippen LogP contribution in [0.4, 0.5) is 4.39 Å². The molecule has 0 aliphatic heterocycles. The van der Waals surface area contributed by atoms with E-state index in [4.69, 9.17) is 4.74 Å². The molecule has 1 N–H and O–H groups in total. The third-order valence-corrected chi connectivity index (χ3v) is 4.98. The van der Waals surface area contributed by atoms with Gasteiger partial charge < -0.3 is 10.1 Å². The predicted molar refractivity (Wildman–Crippen MR) is 96.8 cm³/mol. The molecule has 0 unspecified atom stereocenters. The predicted octanol–water partition coefficient (Wildman–Crippen LogP) is 4.80. The summed E-state index contributed by atoms with van der Waals surface area (Å²) in [6, 6.07) is 8.79. The number of benzene rings is 1. The summed E-state index contributed by atoms with van der Waals surface area (Å²) in [6.45, 7) is 0. The summed E-state index contributed by atoms with van der Waals surface area (Å²) in [6.07, 6.45) is 8.37. The van der Waals surface area contributed by atoms with Crippen molar-refractivity contribution >= 4 is 17.7 Å². The molecular weight excluding hydrogens is 339 g/mol. The number of carbonyl (C=O) groups is 1. The quantitative estimate of drug-likeness (QED) is 0.779. The number of rotatable bonds is 5. The van der Waals surface area contributed by atoms with Gasteiger partial charge in [-0.2, -0.15) is 0 Å². The minimum atomic E-state index is -0.556. The molecule has 4 nitrogen and oxygen atoms in total. The van der Waals surface area contributed by atoms with Gasteiger partial charge in [-0.05, 0) is 43.4 Å². The van der Waals surface area contributed by atoms with E-state index in [0.29, 0.717) is 5.75 Å². The Morgan fingerprint density at radius 3 is 2.84 bits per heavy atom. The van der Waals surface area contributed by atoms with Gasteiger partial charge in [0, 0.05) is 10.9 Å². The third kappa shape index (κ3) is 4.72. The molecule has 1 saturated carbocycles. The molecule has 0 spiro atoms. The summed E-state index contributed by atoms with van der Waals surface area (Å²) in [5.41, 5.74) is 0.125. The van der Waals surface area contributed by atoms with Crippen molar-refractivity contribution in [1.29, 1.82) is 0 Å². The van der Waals surface area contributed by atoms with Crippen LogP contribution in [0.2, 0.25) is 0 Å². The summed E-state index contributed by atoms with van der Waals surface area (Å²) in [4.78, 5) is 17.6. The van der Waals surface area contributed by atoms with Crippen molar-refractivity contribution in [1.82, 2.24) is 10.3 Å². The smallest absolute Gasteiger partial charge is 0.257 e. The van der Waals surface area contributed by atoms with E-state index in [-0.39, 0.29) is 23.4 Å². The summed E-state index contributed by atoms with van der Waals surface area (Å²) < 4.78 is 19.4. The highest BCUT2D eigenvalue weighted by Crippen LogP contribution is 2.27. The van der Waals surface area contributed by atoms with Crippen molar-refractivity contribution in [2.24, 2.45) is 0 Å². The van der Waals surface area contributed by atoms with E-state index in [9.17, 15) is 9.18 Å². The van der Waals surface area contributed by atoms with Crippen LogP contribution >= 0.6 is 11.8 Å². The van der Waals surface area contributed by atoms with Crippen molar-refractivity contribution in [2.45, 2.75) is 43.0 Å². The van der Waals surface area contributed by atoms with E-state index in [1.807, 2.05) is 24.5 Å². The van der Waals surface area contributed by atoms with Crippen molar-refractivity contribution in [3.05, 3.63) is 47.9 Å². The maximum absolute atomic E-state index is 13.6. The number of ether oxygens (including phenoxy) is 1. The molecule has 0 saturated heterocycles. The SMILES string of the molecule is CSc1cccc(Oc2ncc(F)cc2C(=O)NC2CCCCC2)c1.